The Morgan fingerprint density at radius 3 is 2.38 bits per heavy atom. The second kappa shape index (κ2) is 6.96. The Hall–Kier alpha value is -3.21. The highest BCUT2D eigenvalue weighted by Gasteiger charge is 2.21. The number of carbonyl (C=O) groups excluding carboxylic acids is 1. The van der Waals surface area contributed by atoms with Crippen LogP contribution >= 0.6 is 0 Å². The van der Waals surface area contributed by atoms with E-state index in [2.05, 4.69) is 6.58 Å². The fourth-order valence-electron chi connectivity index (χ4n) is 2.88. The summed E-state index contributed by atoms with van der Waals surface area (Å²) in [5.74, 6) is -1.17. The number of rotatable bonds is 3. The molecule has 0 saturated heterocycles. The van der Waals surface area contributed by atoms with Crippen LogP contribution in [0.5, 0.6) is 5.75 Å². The van der Waals surface area contributed by atoms with Crippen molar-refractivity contribution in [2.45, 2.75) is 0 Å². The van der Waals surface area contributed by atoms with Crippen molar-refractivity contribution in [3.63, 3.8) is 0 Å². The van der Waals surface area contributed by atoms with Gasteiger partial charge in [-0.05, 0) is 53.1 Å². The Kier molecular flexibility index (Phi) is 4.71. The van der Waals surface area contributed by atoms with Gasteiger partial charge in [-0.3, -0.25) is 0 Å². The molecule has 5 heteroatoms. The number of benzene rings is 2. The highest BCUT2D eigenvalue weighted by Crippen LogP contribution is 2.39. The quantitative estimate of drug-likeness (QED) is 0.733. The lowest BCUT2D eigenvalue weighted by Crippen LogP contribution is -2.04. The van der Waals surface area contributed by atoms with Crippen LogP contribution in [0.4, 0.5) is 8.78 Å². The Balaban J connectivity index is 2.29. The van der Waals surface area contributed by atoms with E-state index in [1.807, 2.05) is 0 Å². The van der Waals surface area contributed by atoms with E-state index in [1.54, 1.807) is 18.2 Å². The molecule has 0 bridgehead atoms. The largest absolute Gasteiger partial charge is 0.496 e. The fraction of sp³-hybridized carbons (Fsp3) is 0.0952. The van der Waals surface area contributed by atoms with Gasteiger partial charge in [0.25, 0.3) is 0 Å². The highest BCUT2D eigenvalue weighted by atomic mass is 19.1. The number of ether oxygens (including phenoxy) is 2. The van der Waals surface area contributed by atoms with Crippen LogP contribution in [-0.4, -0.2) is 20.2 Å². The van der Waals surface area contributed by atoms with Crippen LogP contribution in [0.1, 0.15) is 27.0 Å². The molecule has 26 heavy (non-hydrogen) atoms. The van der Waals surface area contributed by atoms with Crippen LogP contribution < -0.4 is 4.74 Å². The van der Waals surface area contributed by atoms with Gasteiger partial charge in [-0.1, -0.05) is 12.6 Å². The Labute approximate surface area is 149 Å². The zero-order valence-electron chi connectivity index (χ0n) is 14.3. The fourth-order valence-corrected chi connectivity index (χ4v) is 2.88. The van der Waals surface area contributed by atoms with Crippen LogP contribution in [0.2, 0.25) is 0 Å². The third-order valence-corrected chi connectivity index (χ3v) is 4.08. The number of methoxy groups -OCH3 is 2. The van der Waals surface area contributed by atoms with E-state index in [9.17, 15) is 13.6 Å². The smallest absolute Gasteiger partial charge is 0.337 e. The zero-order valence-corrected chi connectivity index (χ0v) is 14.3. The van der Waals surface area contributed by atoms with Crippen molar-refractivity contribution >= 4 is 17.4 Å². The molecule has 3 rings (SSSR count). The molecule has 0 atom stereocenters. The minimum absolute atomic E-state index is 0.276. The number of halogens is 2. The summed E-state index contributed by atoms with van der Waals surface area (Å²) in [5, 5.41) is 0. The maximum Gasteiger partial charge on any atom is 0.337 e. The first kappa shape index (κ1) is 17.6. The molecule has 2 aromatic rings. The molecule has 0 amide bonds. The average molecular weight is 354 g/mol. The lowest BCUT2D eigenvalue weighted by atomic mass is 9.91. The van der Waals surface area contributed by atoms with Crippen molar-refractivity contribution in [2.24, 2.45) is 0 Å². The first-order valence-corrected chi connectivity index (χ1v) is 7.79. The third kappa shape index (κ3) is 3.16. The molecule has 0 saturated carbocycles. The predicted octanol–water partition coefficient (Wildman–Crippen LogP) is 4.93. The topological polar surface area (TPSA) is 35.5 Å². The zero-order chi connectivity index (χ0) is 18.8. The molecule has 132 valence electrons. The van der Waals surface area contributed by atoms with Gasteiger partial charge < -0.3 is 9.47 Å². The number of allylic oxidation sites excluding steroid dienone is 3. The molecule has 1 aliphatic rings. The van der Waals surface area contributed by atoms with E-state index in [0.717, 1.165) is 0 Å². The molecule has 0 radical (unpaired) electrons. The van der Waals surface area contributed by atoms with Crippen LogP contribution in [0, 0.1) is 5.82 Å². The SMILES string of the molecule is C=C1C=C(F)c2ccc(C(=O)OC)cc2C(c2ccc(F)cc2OC)=C1. The minimum atomic E-state index is -0.536. The second-order valence-electron chi connectivity index (χ2n) is 5.72. The summed E-state index contributed by atoms with van der Waals surface area (Å²) in [7, 11) is 2.70. The summed E-state index contributed by atoms with van der Waals surface area (Å²) in [6.45, 7) is 3.83. The van der Waals surface area contributed by atoms with Crippen LogP contribution in [0.15, 0.2) is 60.7 Å². The summed E-state index contributed by atoms with van der Waals surface area (Å²) in [4.78, 5) is 11.9. The predicted molar refractivity (Wildman–Crippen MR) is 96.0 cm³/mol. The molecular formula is C21H16F2O3. The van der Waals surface area contributed by atoms with Gasteiger partial charge in [-0.25, -0.2) is 13.6 Å². The van der Waals surface area contributed by atoms with E-state index in [4.69, 9.17) is 9.47 Å². The van der Waals surface area contributed by atoms with E-state index in [-0.39, 0.29) is 5.56 Å². The molecule has 0 fully saturated rings. The van der Waals surface area contributed by atoms with Gasteiger partial charge in [0.15, 0.2) is 0 Å². The molecular weight excluding hydrogens is 338 g/mol. The average Bonchev–Trinajstić information content (AvgIpc) is 2.76. The van der Waals surface area contributed by atoms with Crippen LogP contribution in [0.25, 0.3) is 11.4 Å². The second-order valence-corrected chi connectivity index (χ2v) is 5.72. The lowest BCUT2D eigenvalue weighted by Gasteiger charge is -2.15. The first-order chi connectivity index (χ1) is 12.4. The van der Waals surface area contributed by atoms with E-state index >= 15 is 0 Å². The maximum atomic E-state index is 14.6. The summed E-state index contributed by atoms with van der Waals surface area (Å²) >= 11 is 0. The molecule has 0 spiro atoms. The van der Waals surface area contributed by atoms with Gasteiger partial charge in [0.2, 0.25) is 0 Å². The number of carbonyl (C=O) groups is 1. The Morgan fingerprint density at radius 2 is 1.69 bits per heavy atom. The maximum absolute atomic E-state index is 14.6. The van der Waals surface area contributed by atoms with Gasteiger partial charge in [0, 0.05) is 17.2 Å². The Bertz CT molecular complexity index is 971. The van der Waals surface area contributed by atoms with Gasteiger partial charge in [-0.2, -0.15) is 0 Å². The molecule has 3 nitrogen and oxygen atoms in total. The van der Waals surface area contributed by atoms with Crippen molar-refractivity contribution in [1.29, 1.82) is 0 Å². The van der Waals surface area contributed by atoms with E-state index < -0.39 is 17.6 Å². The molecule has 1 aliphatic carbocycles. The van der Waals surface area contributed by atoms with Crippen LogP contribution in [-0.2, 0) is 4.74 Å². The summed E-state index contributed by atoms with van der Waals surface area (Å²) in [6, 6.07) is 8.63. The van der Waals surface area contributed by atoms with E-state index in [1.165, 1.54) is 44.6 Å². The van der Waals surface area contributed by atoms with Gasteiger partial charge >= 0.3 is 5.97 Å². The minimum Gasteiger partial charge on any atom is -0.496 e. The number of fused-ring (bicyclic) bond motifs is 1. The van der Waals surface area contributed by atoms with Crippen molar-refractivity contribution in [3.05, 3.63) is 88.8 Å². The highest BCUT2D eigenvalue weighted by molar-refractivity contribution is 5.96. The summed E-state index contributed by atoms with van der Waals surface area (Å²) in [6.07, 6.45) is 2.97. The van der Waals surface area contributed by atoms with Crippen molar-refractivity contribution in [1.82, 2.24) is 0 Å². The number of hydrogen-bond acceptors (Lipinski definition) is 3. The van der Waals surface area contributed by atoms with Gasteiger partial charge in [0.05, 0.1) is 19.8 Å². The molecule has 0 heterocycles. The van der Waals surface area contributed by atoms with Crippen LogP contribution in [0.3, 0.4) is 0 Å². The lowest BCUT2D eigenvalue weighted by molar-refractivity contribution is 0.0600. The monoisotopic (exact) mass is 354 g/mol. The van der Waals surface area contributed by atoms with Crippen molar-refractivity contribution in [3.8, 4) is 5.75 Å². The summed E-state index contributed by atoms with van der Waals surface area (Å²) in [5.41, 5.74) is 2.59. The molecule has 0 aliphatic heterocycles. The molecule has 2 aromatic carbocycles. The standard InChI is InChI=1S/C21H16F2O3/c1-12-8-17(16-7-5-14(22)11-20(16)25-2)18-10-13(21(24)26-3)4-6-15(18)19(23)9-12/h4-11H,1H2,2-3H3. The van der Waals surface area contributed by atoms with Gasteiger partial charge in [0.1, 0.15) is 17.4 Å². The normalized spacial score (nSPS) is 13.3. The Morgan fingerprint density at radius 1 is 0.962 bits per heavy atom. The van der Waals surface area contributed by atoms with Crippen molar-refractivity contribution < 1.29 is 23.0 Å². The third-order valence-electron chi connectivity index (χ3n) is 4.08. The first-order valence-electron chi connectivity index (χ1n) is 7.79. The summed E-state index contributed by atoms with van der Waals surface area (Å²) < 4.78 is 38.2. The molecule has 0 aromatic heterocycles. The van der Waals surface area contributed by atoms with Crippen molar-refractivity contribution in [2.75, 3.05) is 14.2 Å². The molecule has 0 N–H and O–H groups in total. The van der Waals surface area contributed by atoms with Gasteiger partial charge in [-0.15, -0.1) is 0 Å². The molecule has 0 unspecified atom stereocenters. The number of esters is 1. The number of hydrogen-bond donors (Lipinski definition) is 0. The van der Waals surface area contributed by atoms with E-state index in [0.29, 0.717) is 33.6 Å².